The highest BCUT2D eigenvalue weighted by molar-refractivity contribution is 7.47. The summed E-state index contributed by atoms with van der Waals surface area (Å²) in [6.45, 7) is 4.60. The number of phosphoric acid groups is 2. The molecule has 0 amide bonds. The van der Waals surface area contributed by atoms with Crippen molar-refractivity contribution in [2.45, 2.75) is 341 Å². The van der Waals surface area contributed by atoms with Crippen LogP contribution in [0.3, 0.4) is 0 Å². The maximum atomic E-state index is 13.1. The fourth-order valence-electron chi connectivity index (χ4n) is 10.1. The number of hydrogen-bond acceptors (Lipinski definition) is 15. The molecular formula is C77H136O17P2. The molecule has 3 N–H and O–H groups in total. The van der Waals surface area contributed by atoms with Gasteiger partial charge in [0.1, 0.15) is 19.3 Å². The fraction of sp³-hybridized carbons (Fsp3) is 0.766. The van der Waals surface area contributed by atoms with Crippen LogP contribution < -0.4 is 0 Å². The Bertz CT molecular complexity index is 2160. The van der Waals surface area contributed by atoms with E-state index in [-0.39, 0.29) is 25.7 Å². The number of unbranched alkanes of at least 4 members (excludes halogenated alkanes) is 31. The van der Waals surface area contributed by atoms with Gasteiger partial charge in [0.05, 0.1) is 26.4 Å². The van der Waals surface area contributed by atoms with Crippen molar-refractivity contribution in [2.75, 3.05) is 39.6 Å². The van der Waals surface area contributed by atoms with Gasteiger partial charge >= 0.3 is 39.5 Å². The molecule has 0 aliphatic carbocycles. The first-order valence-electron chi connectivity index (χ1n) is 37.8. The molecule has 0 aromatic carbocycles. The molecule has 96 heavy (non-hydrogen) atoms. The largest absolute Gasteiger partial charge is 0.472 e. The molecule has 5 unspecified atom stereocenters. The van der Waals surface area contributed by atoms with Crippen LogP contribution in [0.1, 0.15) is 323 Å². The molecule has 0 radical (unpaired) electrons. The molecule has 19 heteroatoms. The summed E-state index contributed by atoms with van der Waals surface area (Å²) < 4.78 is 68.4. The minimum Gasteiger partial charge on any atom is -0.462 e. The van der Waals surface area contributed by atoms with Crippen LogP contribution in [0.25, 0.3) is 0 Å². The van der Waals surface area contributed by atoms with E-state index in [0.29, 0.717) is 25.7 Å². The lowest BCUT2D eigenvalue weighted by Gasteiger charge is -2.21. The van der Waals surface area contributed by atoms with Gasteiger partial charge in [0.15, 0.2) is 12.2 Å². The first-order valence-corrected chi connectivity index (χ1v) is 40.8. The molecule has 0 aromatic heterocycles. The fourth-order valence-corrected chi connectivity index (χ4v) is 11.7. The highest BCUT2D eigenvalue weighted by atomic mass is 31.2. The van der Waals surface area contributed by atoms with Crippen molar-refractivity contribution < 1.29 is 80.2 Å². The topological polar surface area (TPSA) is 237 Å². The SMILES string of the molecule is CC/C=C\C/C=C\C/C=C\CCCCCCCCCC(=O)OCC(COP(=O)(O)OCC(O)COP(=O)(O)OCC(COC(=O)CCCCCCC/C=C\CCCC)OC(=O)CCCCCCCCCCCCC)OC(=O)CCCCCCCCC/C=C\C/C=C\C/C=C\CC. The molecule has 0 fully saturated rings. The second-order valence-electron chi connectivity index (χ2n) is 25.2. The Morgan fingerprint density at radius 2 is 0.552 bits per heavy atom. The Morgan fingerprint density at radius 3 is 0.875 bits per heavy atom. The van der Waals surface area contributed by atoms with Gasteiger partial charge in [-0.2, -0.15) is 0 Å². The number of carbonyl (C=O) groups is 4. The predicted octanol–water partition coefficient (Wildman–Crippen LogP) is 21.4. The van der Waals surface area contributed by atoms with Gasteiger partial charge in [-0.15, -0.1) is 0 Å². The third-order valence-corrected chi connectivity index (χ3v) is 17.8. The molecule has 0 aliphatic rings. The van der Waals surface area contributed by atoms with Crippen molar-refractivity contribution in [3.05, 3.63) is 85.1 Å². The first kappa shape index (κ1) is 92.2. The van der Waals surface area contributed by atoms with Crippen LogP contribution >= 0.6 is 15.6 Å². The van der Waals surface area contributed by atoms with Gasteiger partial charge in [0.2, 0.25) is 0 Å². The number of aliphatic hydroxyl groups is 1. The van der Waals surface area contributed by atoms with E-state index in [1.807, 2.05) is 0 Å². The van der Waals surface area contributed by atoms with Crippen LogP contribution in [0.4, 0.5) is 0 Å². The summed E-state index contributed by atoms with van der Waals surface area (Å²) in [5.41, 5.74) is 0. The van der Waals surface area contributed by atoms with Crippen molar-refractivity contribution in [3.63, 3.8) is 0 Å². The maximum absolute atomic E-state index is 13.1. The third-order valence-electron chi connectivity index (χ3n) is 15.9. The van der Waals surface area contributed by atoms with E-state index in [2.05, 4.69) is 113 Å². The predicted molar refractivity (Wildman–Crippen MR) is 390 cm³/mol. The summed E-state index contributed by atoms with van der Waals surface area (Å²) in [5.74, 6) is -2.19. The van der Waals surface area contributed by atoms with Crippen LogP contribution in [-0.2, 0) is 65.4 Å². The van der Waals surface area contributed by atoms with Gasteiger partial charge < -0.3 is 33.8 Å². The number of esters is 4. The summed E-state index contributed by atoms with van der Waals surface area (Å²) in [4.78, 5) is 72.7. The summed E-state index contributed by atoms with van der Waals surface area (Å²) in [6, 6.07) is 0. The van der Waals surface area contributed by atoms with Gasteiger partial charge in [-0.1, -0.05) is 273 Å². The van der Waals surface area contributed by atoms with Crippen LogP contribution in [0, 0.1) is 0 Å². The second kappa shape index (κ2) is 69.7. The number of rotatable bonds is 71. The third kappa shape index (κ3) is 68.8. The van der Waals surface area contributed by atoms with Crippen LogP contribution in [0.5, 0.6) is 0 Å². The van der Waals surface area contributed by atoms with E-state index in [9.17, 15) is 43.2 Å². The molecule has 0 spiro atoms. The quantitative estimate of drug-likeness (QED) is 0.0169. The molecule has 5 atom stereocenters. The highest BCUT2D eigenvalue weighted by Crippen LogP contribution is 2.45. The zero-order valence-electron chi connectivity index (χ0n) is 60.5. The molecule has 0 aromatic rings. The molecule has 556 valence electrons. The number of aliphatic hydroxyl groups excluding tert-OH is 1. The normalized spacial score (nSPS) is 14.4. The van der Waals surface area contributed by atoms with Crippen molar-refractivity contribution in [3.8, 4) is 0 Å². The van der Waals surface area contributed by atoms with E-state index in [4.69, 9.17) is 37.0 Å². The van der Waals surface area contributed by atoms with Crippen LogP contribution in [0.15, 0.2) is 85.1 Å². The van der Waals surface area contributed by atoms with Crippen molar-refractivity contribution in [1.82, 2.24) is 0 Å². The molecule has 0 aliphatic heterocycles. The summed E-state index contributed by atoms with van der Waals surface area (Å²) >= 11 is 0. The Morgan fingerprint density at radius 1 is 0.302 bits per heavy atom. The molecule has 17 nitrogen and oxygen atoms in total. The smallest absolute Gasteiger partial charge is 0.462 e. The monoisotopic (exact) mass is 1390 g/mol. The lowest BCUT2D eigenvalue weighted by Crippen LogP contribution is -2.30. The van der Waals surface area contributed by atoms with E-state index < -0.39 is 97.5 Å². The van der Waals surface area contributed by atoms with E-state index >= 15 is 0 Å². The van der Waals surface area contributed by atoms with Crippen LogP contribution in [0.2, 0.25) is 0 Å². The van der Waals surface area contributed by atoms with Gasteiger partial charge in [-0.05, 0) is 109 Å². The molecular weight excluding hydrogens is 1260 g/mol. The van der Waals surface area contributed by atoms with Gasteiger partial charge in [-0.25, -0.2) is 9.13 Å². The number of phosphoric ester groups is 2. The molecule has 0 saturated carbocycles. The van der Waals surface area contributed by atoms with Crippen molar-refractivity contribution in [2.24, 2.45) is 0 Å². The Kier molecular flexibility index (Phi) is 67.0. The minimum absolute atomic E-state index is 0.0825. The number of carbonyl (C=O) groups excluding carboxylic acids is 4. The van der Waals surface area contributed by atoms with Gasteiger partial charge in [-0.3, -0.25) is 37.3 Å². The van der Waals surface area contributed by atoms with Crippen molar-refractivity contribution in [1.29, 1.82) is 0 Å². The molecule has 0 rings (SSSR count). The zero-order chi connectivity index (χ0) is 70.4. The van der Waals surface area contributed by atoms with Crippen molar-refractivity contribution >= 4 is 39.5 Å². The Labute approximate surface area is 583 Å². The minimum atomic E-state index is -4.97. The molecule has 0 bridgehead atoms. The first-order chi connectivity index (χ1) is 46.7. The lowest BCUT2D eigenvalue weighted by molar-refractivity contribution is -0.161. The summed E-state index contributed by atoms with van der Waals surface area (Å²) in [5, 5.41) is 10.6. The Balaban J connectivity index is 5.32. The summed E-state index contributed by atoms with van der Waals surface area (Å²) in [6.07, 6.45) is 70.1. The average Bonchev–Trinajstić information content (AvgIpc) is 1.85. The average molecular weight is 1400 g/mol. The van der Waals surface area contributed by atoms with E-state index in [1.165, 1.54) is 51.4 Å². The number of ether oxygens (including phenoxy) is 4. The lowest BCUT2D eigenvalue weighted by atomic mass is 10.1. The molecule has 0 heterocycles. The highest BCUT2D eigenvalue weighted by Gasteiger charge is 2.30. The zero-order valence-corrected chi connectivity index (χ0v) is 62.3. The standard InChI is InChI=1S/C77H136O17P2/c1-5-9-13-17-21-25-29-31-33-35-37-39-43-46-50-54-58-62-75(80)88-68-73(94-77(82)64-60-56-52-48-44-40-38-36-34-32-30-26-22-18-14-10-6-2)70-92-96(85,86)90-66-71(78)65-89-95(83,84)91-69-72(93-76(81)63-59-55-51-47-42-28-24-20-16-12-8-4)67-87-74(79)61-57-53-49-45-41-27-23-19-15-11-7-3/h9-10,13-14,19,21-23,25-26,31-34,71-73,78H,5-8,11-12,15-18,20,24,27-30,35-70H2,1-4H3,(H,83,84)(H,85,86)/b13-9-,14-10-,23-19-,25-21-,26-22-,33-31-,34-32-. The van der Waals surface area contributed by atoms with Gasteiger partial charge in [0.25, 0.3) is 0 Å². The number of allylic oxidation sites excluding steroid dienone is 14. The van der Waals surface area contributed by atoms with Gasteiger partial charge in [0, 0.05) is 25.7 Å². The molecule has 0 saturated heterocycles. The Hall–Kier alpha value is -3.76. The second-order valence-corrected chi connectivity index (χ2v) is 28.1. The van der Waals surface area contributed by atoms with E-state index in [0.717, 1.165) is 193 Å². The van der Waals surface area contributed by atoms with Crippen LogP contribution in [-0.4, -0.2) is 96.7 Å². The number of hydrogen-bond donors (Lipinski definition) is 3. The maximum Gasteiger partial charge on any atom is 0.472 e. The summed E-state index contributed by atoms with van der Waals surface area (Å²) in [7, 11) is -9.94. The van der Waals surface area contributed by atoms with E-state index in [1.54, 1.807) is 0 Å².